The van der Waals surface area contributed by atoms with Crippen LogP contribution in [0.25, 0.3) is 0 Å². The van der Waals surface area contributed by atoms with Crippen molar-refractivity contribution in [3.05, 3.63) is 12.3 Å². The Hall–Kier alpha value is -0.460. The average Bonchev–Trinajstić information content (AvgIpc) is 2.07. The third-order valence-electron chi connectivity index (χ3n) is 2.43. The molecular formula is C10H18O. The van der Waals surface area contributed by atoms with E-state index < -0.39 is 0 Å². The van der Waals surface area contributed by atoms with Gasteiger partial charge in [0.05, 0.1) is 13.4 Å². The van der Waals surface area contributed by atoms with Gasteiger partial charge in [-0.05, 0) is 18.4 Å². The van der Waals surface area contributed by atoms with E-state index in [2.05, 4.69) is 6.08 Å². The van der Waals surface area contributed by atoms with E-state index in [1.54, 1.807) is 13.4 Å². The zero-order chi connectivity index (χ0) is 7.94. The van der Waals surface area contributed by atoms with Gasteiger partial charge < -0.3 is 4.74 Å². The van der Waals surface area contributed by atoms with Crippen molar-refractivity contribution < 1.29 is 4.74 Å². The van der Waals surface area contributed by atoms with Gasteiger partial charge in [0.1, 0.15) is 0 Å². The van der Waals surface area contributed by atoms with Gasteiger partial charge in [-0.3, -0.25) is 0 Å². The van der Waals surface area contributed by atoms with Crippen LogP contribution in [-0.2, 0) is 4.74 Å². The van der Waals surface area contributed by atoms with Crippen molar-refractivity contribution in [1.82, 2.24) is 0 Å². The molecule has 0 spiro atoms. The number of rotatable bonds is 3. The van der Waals surface area contributed by atoms with Gasteiger partial charge in [-0.2, -0.15) is 0 Å². The third-order valence-corrected chi connectivity index (χ3v) is 2.43. The topological polar surface area (TPSA) is 9.23 Å². The van der Waals surface area contributed by atoms with Gasteiger partial charge in [-0.15, -0.1) is 0 Å². The van der Waals surface area contributed by atoms with Gasteiger partial charge in [0, 0.05) is 0 Å². The van der Waals surface area contributed by atoms with Crippen molar-refractivity contribution in [1.29, 1.82) is 0 Å². The van der Waals surface area contributed by atoms with Crippen LogP contribution in [0.2, 0.25) is 0 Å². The van der Waals surface area contributed by atoms with Crippen molar-refractivity contribution in [2.45, 2.75) is 38.5 Å². The molecule has 1 saturated carbocycles. The van der Waals surface area contributed by atoms with E-state index in [1.807, 2.05) is 0 Å². The Morgan fingerprint density at radius 2 is 2.00 bits per heavy atom. The predicted molar refractivity (Wildman–Crippen MR) is 47.3 cm³/mol. The molecule has 0 aromatic carbocycles. The van der Waals surface area contributed by atoms with E-state index in [9.17, 15) is 0 Å². The number of methoxy groups -OCH3 is 1. The molecule has 0 heterocycles. The van der Waals surface area contributed by atoms with E-state index >= 15 is 0 Å². The van der Waals surface area contributed by atoms with Gasteiger partial charge in [0.2, 0.25) is 0 Å². The molecule has 0 aromatic heterocycles. The largest absolute Gasteiger partial charge is 0.505 e. The quantitative estimate of drug-likeness (QED) is 0.567. The Bertz CT molecular complexity index is 112. The summed E-state index contributed by atoms with van der Waals surface area (Å²) >= 11 is 0. The summed E-state index contributed by atoms with van der Waals surface area (Å²) in [7, 11) is 1.71. The summed E-state index contributed by atoms with van der Waals surface area (Å²) in [4.78, 5) is 0. The fourth-order valence-corrected chi connectivity index (χ4v) is 1.77. The van der Waals surface area contributed by atoms with E-state index in [0.717, 1.165) is 5.92 Å². The lowest BCUT2D eigenvalue weighted by atomic mass is 9.87. The molecule has 1 nitrogen and oxygen atoms in total. The molecular weight excluding hydrogens is 136 g/mol. The van der Waals surface area contributed by atoms with Gasteiger partial charge in [0.15, 0.2) is 0 Å². The second-order valence-electron chi connectivity index (χ2n) is 3.35. The highest BCUT2D eigenvalue weighted by Gasteiger charge is 2.10. The fraction of sp³-hybridized carbons (Fsp3) is 0.800. The van der Waals surface area contributed by atoms with Gasteiger partial charge >= 0.3 is 0 Å². The van der Waals surface area contributed by atoms with Crippen molar-refractivity contribution >= 4 is 0 Å². The molecule has 0 unspecified atom stereocenters. The molecule has 1 heteroatoms. The van der Waals surface area contributed by atoms with E-state index in [0.29, 0.717) is 0 Å². The maximum Gasteiger partial charge on any atom is 0.0784 e. The molecule has 0 aromatic rings. The van der Waals surface area contributed by atoms with Crippen molar-refractivity contribution in [3.8, 4) is 0 Å². The third kappa shape index (κ3) is 3.45. The molecule has 1 aliphatic rings. The molecule has 0 N–H and O–H groups in total. The first kappa shape index (κ1) is 8.63. The molecule has 1 rings (SSSR count). The van der Waals surface area contributed by atoms with Crippen LogP contribution in [0.4, 0.5) is 0 Å². The SMILES string of the molecule is COC=CCC1CCCCC1. The van der Waals surface area contributed by atoms with E-state index in [4.69, 9.17) is 4.74 Å². The van der Waals surface area contributed by atoms with E-state index in [1.165, 1.54) is 38.5 Å². The zero-order valence-electron chi connectivity index (χ0n) is 7.38. The van der Waals surface area contributed by atoms with Gasteiger partial charge in [-0.25, -0.2) is 0 Å². The lowest BCUT2D eigenvalue weighted by Gasteiger charge is -2.19. The smallest absolute Gasteiger partial charge is 0.0784 e. The van der Waals surface area contributed by atoms with Crippen LogP contribution in [-0.4, -0.2) is 7.11 Å². The average molecular weight is 154 g/mol. The van der Waals surface area contributed by atoms with Crippen LogP contribution in [0.15, 0.2) is 12.3 Å². The standard InChI is InChI=1S/C10H18O/c1-11-9-5-8-10-6-3-2-4-7-10/h5,9-10H,2-4,6-8H2,1H3. The Labute approximate surface area is 69.4 Å². The highest BCUT2D eigenvalue weighted by molar-refractivity contribution is 4.79. The highest BCUT2D eigenvalue weighted by Crippen LogP contribution is 2.26. The maximum absolute atomic E-state index is 4.85. The molecule has 0 saturated heterocycles. The summed E-state index contributed by atoms with van der Waals surface area (Å²) in [5, 5.41) is 0. The maximum atomic E-state index is 4.85. The van der Waals surface area contributed by atoms with Crippen LogP contribution >= 0.6 is 0 Å². The molecule has 0 aliphatic heterocycles. The van der Waals surface area contributed by atoms with Gasteiger partial charge in [-0.1, -0.05) is 32.1 Å². The molecule has 0 amide bonds. The minimum Gasteiger partial charge on any atom is -0.505 e. The van der Waals surface area contributed by atoms with Crippen molar-refractivity contribution in [2.24, 2.45) is 5.92 Å². The summed E-state index contributed by atoms with van der Waals surface area (Å²) < 4.78 is 4.85. The number of ether oxygens (including phenoxy) is 1. The van der Waals surface area contributed by atoms with Crippen LogP contribution < -0.4 is 0 Å². The minimum atomic E-state index is 0.940. The highest BCUT2D eigenvalue weighted by atomic mass is 16.5. The normalized spacial score (nSPS) is 20.8. The second kappa shape index (κ2) is 5.22. The first-order valence-electron chi connectivity index (χ1n) is 4.61. The summed E-state index contributed by atoms with van der Waals surface area (Å²) in [6, 6.07) is 0. The van der Waals surface area contributed by atoms with Crippen LogP contribution in [0.5, 0.6) is 0 Å². The number of hydrogen-bond donors (Lipinski definition) is 0. The Kier molecular flexibility index (Phi) is 4.10. The number of hydrogen-bond acceptors (Lipinski definition) is 1. The van der Waals surface area contributed by atoms with Crippen molar-refractivity contribution in [3.63, 3.8) is 0 Å². The Balaban J connectivity index is 2.09. The summed E-state index contributed by atoms with van der Waals surface area (Å²) in [6.45, 7) is 0. The molecule has 1 fully saturated rings. The first-order valence-corrected chi connectivity index (χ1v) is 4.61. The summed E-state index contributed by atoms with van der Waals surface area (Å²) in [6.07, 6.45) is 12.3. The lowest BCUT2D eigenvalue weighted by molar-refractivity contribution is 0.327. The molecule has 0 bridgehead atoms. The molecule has 11 heavy (non-hydrogen) atoms. The molecule has 0 radical (unpaired) electrons. The first-order chi connectivity index (χ1) is 5.43. The van der Waals surface area contributed by atoms with Crippen LogP contribution in [0.1, 0.15) is 38.5 Å². The van der Waals surface area contributed by atoms with E-state index in [-0.39, 0.29) is 0 Å². The Morgan fingerprint density at radius 1 is 1.27 bits per heavy atom. The zero-order valence-corrected chi connectivity index (χ0v) is 7.38. The van der Waals surface area contributed by atoms with Crippen molar-refractivity contribution in [2.75, 3.05) is 7.11 Å². The monoisotopic (exact) mass is 154 g/mol. The fourth-order valence-electron chi connectivity index (χ4n) is 1.77. The Morgan fingerprint density at radius 3 is 2.64 bits per heavy atom. The summed E-state index contributed by atoms with van der Waals surface area (Å²) in [5.41, 5.74) is 0. The minimum absolute atomic E-state index is 0.940. The molecule has 1 aliphatic carbocycles. The van der Waals surface area contributed by atoms with Crippen LogP contribution in [0, 0.1) is 5.92 Å². The number of allylic oxidation sites excluding steroid dienone is 1. The molecule has 64 valence electrons. The van der Waals surface area contributed by atoms with Crippen LogP contribution in [0.3, 0.4) is 0 Å². The summed E-state index contributed by atoms with van der Waals surface area (Å²) in [5.74, 6) is 0.940. The lowest BCUT2D eigenvalue weighted by Crippen LogP contribution is -2.04. The molecule has 0 atom stereocenters. The van der Waals surface area contributed by atoms with Gasteiger partial charge in [0.25, 0.3) is 0 Å². The predicted octanol–water partition coefficient (Wildman–Crippen LogP) is 3.12. The second-order valence-corrected chi connectivity index (χ2v) is 3.35.